The number of nitrogens with two attached hydrogens (primary N) is 1. The highest BCUT2D eigenvalue weighted by molar-refractivity contribution is 7.18. The minimum Gasteiger partial charge on any atom is -0.396 e. The molecule has 0 aromatic carbocycles. The van der Waals surface area contributed by atoms with E-state index >= 15 is 0 Å². The first kappa shape index (κ1) is 15.1. The van der Waals surface area contributed by atoms with Crippen LogP contribution in [0.5, 0.6) is 0 Å². The number of thiazole rings is 1. The van der Waals surface area contributed by atoms with Crippen molar-refractivity contribution in [1.82, 2.24) is 10.3 Å². The number of aliphatic hydroxyl groups excluding tert-OH is 1. The lowest BCUT2D eigenvalue weighted by Gasteiger charge is -2.25. The van der Waals surface area contributed by atoms with E-state index in [1.165, 1.54) is 17.8 Å². The summed E-state index contributed by atoms with van der Waals surface area (Å²) in [5.41, 5.74) is 5.79. The molecule has 7 heteroatoms. The SMILES string of the molecule is Nc1nc(NC2CCC2)sc1C(=O)NCCCCCO. The monoisotopic (exact) mass is 298 g/mol. The number of nitrogens with one attached hydrogen (secondary N) is 2. The maximum Gasteiger partial charge on any atom is 0.265 e. The third-order valence-electron chi connectivity index (χ3n) is 3.41. The van der Waals surface area contributed by atoms with E-state index in [-0.39, 0.29) is 12.5 Å². The molecule has 0 unspecified atom stereocenters. The van der Waals surface area contributed by atoms with Crippen LogP contribution in [0.2, 0.25) is 0 Å². The fraction of sp³-hybridized carbons (Fsp3) is 0.692. The van der Waals surface area contributed by atoms with E-state index in [1.807, 2.05) is 0 Å². The molecule has 6 nitrogen and oxygen atoms in total. The summed E-state index contributed by atoms with van der Waals surface area (Å²) < 4.78 is 0. The number of unbranched alkanes of at least 4 members (excludes halogenated alkanes) is 2. The van der Waals surface area contributed by atoms with Gasteiger partial charge in [0.25, 0.3) is 5.91 Å². The fourth-order valence-corrected chi connectivity index (χ4v) is 2.86. The van der Waals surface area contributed by atoms with Crippen molar-refractivity contribution in [3.8, 4) is 0 Å². The zero-order valence-corrected chi connectivity index (χ0v) is 12.3. The number of nitrogens with zero attached hydrogens (tertiary/aromatic N) is 1. The number of nitrogen functional groups attached to an aromatic ring is 1. The van der Waals surface area contributed by atoms with Gasteiger partial charge in [0.15, 0.2) is 5.13 Å². The summed E-state index contributed by atoms with van der Waals surface area (Å²) >= 11 is 1.31. The van der Waals surface area contributed by atoms with Gasteiger partial charge in [-0.2, -0.15) is 0 Å². The molecule has 0 bridgehead atoms. The first-order chi connectivity index (χ1) is 9.70. The van der Waals surface area contributed by atoms with E-state index in [0.29, 0.717) is 23.3 Å². The fourth-order valence-electron chi connectivity index (χ4n) is 1.98. The molecule has 1 aromatic rings. The zero-order valence-electron chi connectivity index (χ0n) is 11.5. The number of hydrogen-bond acceptors (Lipinski definition) is 6. The molecule has 0 radical (unpaired) electrons. The number of amides is 1. The summed E-state index contributed by atoms with van der Waals surface area (Å²) in [6.07, 6.45) is 6.10. The normalized spacial score (nSPS) is 14.8. The summed E-state index contributed by atoms with van der Waals surface area (Å²) in [4.78, 5) is 16.7. The minimum atomic E-state index is -0.161. The lowest BCUT2D eigenvalue weighted by molar-refractivity contribution is 0.0957. The summed E-state index contributed by atoms with van der Waals surface area (Å²) in [6, 6.07) is 0.481. The maximum absolute atomic E-state index is 12.0. The van der Waals surface area contributed by atoms with Crippen LogP contribution in [0.4, 0.5) is 10.9 Å². The third-order valence-corrected chi connectivity index (χ3v) is 4.41. The van der Waals surface area contributed by atoms with Gasteiger partial charge in [0.05, 0.1) is 0 Å². The predicted octanol–water partition coefficient (Wildman–Crippen LogP) is 1.58. The number of carbonyl (C=O) groups is 1. The average Bonchev–Trinajstić information content (AvgIpc) is 2.75. The number of rotatable bonds is 8. The number of aliphatic hydroxyl groups is 1. The van der Waals surface area contributed by atoms with E-state index in [1.54, 1.807) is 0 Å². The molecule has 1 heterocycles. The topological polar surface area (TPSA) is 100 Å². The molecule has 0 atom stereocenters. The van der Waals surface area contributed by atoms with Gasteiger partial charge < -0.3 is 21.5 Å². The van der Waals surface area contributed by atoms with Crippen molar-refractivity contribution in [1.29, 1.82) is 0 Å². The molecular formula is C13H22N4O2S. The molecule has 0 spiro atoms. The van der Waals surface area contributed by atoms with Crippen LogP contribution in [0.15, 0.2) is 0 Å². The number of carbonyl (C=O) groups excluding carboxylic acids is 1. The van der Waals surface area contributed by atoms with Crippen LogP contribution in [0.25, 0.3) is 0 Å². The van der Waals surface area contributed by atoms with Crippen molar-refractivity contribution in [3.05, 3.63) is 4.88 Å². The number of anilines is 2. The van der Waals surface area contributed by atoms with E-state index < -0.39 is 0 Å². The van der Waals surface area contributed by atoms with E-state index in [9.17, 15) is 4.79 Å². The van der Waals surface area contributed by atoms with Crippen LogP contribution in [0, 0.1) is 0 Å². The predicted molar refractivity (Wildman–Crippen MR) is 81.1 cm³/mol. The first-order valence-electron chi connectivity index (χ1n) is 7.12. The Morgan fingerprint density at radius 2 is 2.20 bits per heavy atom. The molecule has 1 aliphatic carbocycles. The van der Waals surface area contributed by atoms with Gasteiger partial charge in [-0.15, -0.1) is 0 Å². The molecule has 1 saturated carbocycles. The summed E-state index contributed by atoms with van der Waals surface area (Å²) in [5, 5.41) is 15.5. The Morgan fingerprint density at radius 3 is 2.85 bits per heavy atom. The molecule has 0 saturated heterocycles. The summed E-state index contributed by atoms with van der Waals surface area (Å²) in [7, 11) is 0. The van der Waals surface area contributed by atoms with Crippen molar-refractivity contribution in [2.75, 3.05) is 24.2 Å². The Morgan fingerprint density at radius 1 is 1.40 bits per heavy atom. The Bertz CT molecular complexity index is 446. The van der Waals surface area contributed by atoms with Gasteiger partial charge in [-0.25, -0.2) is 4.98 Å². The second-order valence-corrected chi connectivity index (χ2v) is 6.04. The minimum absolute atomic E-state index is 0.161. The quantitative estimate of drug-likeness (QED) is 0.546. The van der Waals surface area contributed by atoms with Crippen LogP contribution < -0.4 is 16.4 Å². The molecule has 20 heavy (non-hydrogen) atoms. The largest absolute Gasteiger partial charge is 0.396 e. The average molecular weight is 298 g/mol. The van der Waals surface area contributed by atoms with Crippen LogP contribution in [-0.4, -0.2) is 35.2 Å². The van der Waals surface area contributed by atoms with Crippen molar-refractivity contribution in [3.63, 3.8) is 0 Å². The van der Waals surface area contributed by atoms with Gasteiger partial charge in [0, 0.05) is 19.2 Å². The lowest BCUT2D eigenvalue weighted by Crippen LogP contribution is -2.26. The highest BCUT2D eigenvalue weighted by atomic mass is 32.1. The Balaban J connectivity index is 1.79. The highest BCUT2D eigenvalue weighted by Gasteiger charge is 2.21. The van der Waals surface area contributed by atoms with Crippen LogP contribution in [-0.2, 0) is 0 Å². The Kier molecular flexibility index (Phi) is 5.60. The molecule has 1 aromatic heterocycles. The molecule has 1 amide bonds. The Hall–Kier alpha value is -1.34. The zero-order chi connectivity index (χ0) is 14.4. The summed E-state index contributed by atoms with van der Waals surface area (Å²) in [5.74, 6) is 0.135. The summed E-state index contributed by atoms with van der Waals surface area (Å²) in [6.45, 7) is 0.799. The molecule has 2 rings (SSSR count). The molecule has 0 aliphatic heterocycles. The van der Waals surface area contributed by atoms with Crippen molar-refractivity contribution >= 4 is 28.2 Å². The smallest absolute Gasteiger partial charge is 0.265 e. The highest BCUT2D eigenvalue weighted by Crippen LogP contribution is 2.29. The van der Waals surface area contributed by atoms with E-state index in [2.05, 4.69) is 15.6 Å². The second kappa shape index (κ2) is 7.44. The van der Waals surface area contributed by atoms with Gasteiger partial charge in [-0.3, -0.25) is 4.79 Å². The van der Waals surface area contributed by atoms with Crippen molar-refractivity contribution in [2.24, 2.45) is 0 Å². The number of hydrogen-bond donors (Lipinski definition) is 4. The first-order valence-corrected chi connectivity index (χ1v) is 7.94. The standard InChI is InChI=1S/C13H22N4O2S/c14-11-10(12(19)15-7-2-1-3-8-18)20-13(17-11)16-9-5-4-6-9/h9,18H,1-8,14H2,(H,15,19)(H,16,17). The molecular weight excluding hydrogens is 276 g/mol. The van der Waals surface area contributed by atoms with Gasteiger partial charge in [0.2, 0.25) is 0 Å². The Labute approximate surface area is 122 Å². The second-order valence-electron chi connectivity index (χ2n) is 5.05. The van der Waals surface area contributed by atoms with Crippen LogP contribution >= 0.6 is 11.3 Å². The molecule has 112 valence electrons. The maximum atomic E-state index is 12.0. The number of aromatic nitrogens is 1. The molecule has 5 N–H and O–H groups in total. The van der Waals surface area contributed by atoms with Crippen molar-refractivity contribution in [2.45, 2.75) is 44.6 Å². The van der Waals surface area contributed by atoms with E-state index in [0.717, 1.165) is 37.2 Å². The van der Waals surface area contributed by atoms with Gasteiger partial charge in [0.1, 0.15) is 10.7 Å². The molecule has 1 aliphatic rings. The third kappa shape index (κ3) is 4.08. The van der Waals surface area contributed by atoms with Crippen LogP contribution in [0.3, 0.4) is 0 Å². The lowest BCUT2D eigenvalue weighted by atomic mass is 9.93. The van der Waals surface area contributed by atoms with E-state index in [4.69, 9.17) is 10.8 Å². The van der Waals surface area contributed by atoms with Gasteiger partial charge in [-0.1, -0.05) is 11.3 Å². The molecule has 1 fully saturated rings. The van der Waals surface area contributed by atoms with Gasteiger partial charge in [-0.05, 0) is 38.5 Å². The van der Waals surface area contributed by atoms with Crippen molar-refractivity contribution < 1.29 is 9.90 Å². The van der Waals surface area contributed by atoms with Gasteiger partial charge >= 0.3 is 0 Å². The van der Waals surface area contributed by atoms with Crippen LogP contribution in [0.1, 0.15) is 48.2 Å².